The van der Waals surface area contributed by atoms with Crippen LogP contribution in [0.4, 0.5) is 5.69 Å². The van der Waals surface area contributed by atoms with Gasteiger partial charge in [-0.15, -0.1) is 0 Å². The summed E-state index contributed by atoms with van der Waals surface area (Å²) in [6.45, 7) is 1.83. The SMILES string of the molecule is COC(=O)c1ccc(C)c(NC(=O)CSc2cccc[n+]2[O-])c1. The van der Waals surface area contributed by atoms with Gasteiger partial charge in [0.2, 0.25) is 5.91 Å². The zero-order valence-electron chi connectivity index (χ0n) is 12.7. The first-order valence-corrected chi connectivity index (χ1v) is 7.79. The molecule has 0 saturated carbocycles. The molecule has 1 N–H and O–H groups in total. The minimum atomic E-state index is -0.466. The van der Waals surface area contributed by atoms with Crippen molar-refractivity contribution in [3.05, 3.63) is 58.9 Å². The number of benzene rings is 1. The number of hydrogen-bond donors (Lipinski definition) is 1. The van der Waals surface area contributed by atoms with Crippen molar-refractivity contribution in [2.24, 2.45) is 0 Å². The molecule has 23 heavy (non-hydrogen) atoms. The summed E-state index contributed by atoms with van der Waals surface area (Å²) in [5.74, 6) is -0.635. The van der Waals surface area contributed by atoms with Gasteiger partial charge in [0.05, 0.1) is 18.4 Å². The highest BCUT2D eigenvalue weighted by Gasteiger charge is 2.12. The second kappa shape index (κ2) is 7.64. The number of amides is 1. The van der Waals surface area contributed by atoms with Crippen molar-refractivity contribution in [1.29, 1.82) is 0 Å². The van der Waals surface area contributed by atoms with Gasteiger partial charge in [0.15, 0.2) is 6.20 Å². The molecular weight excluding hydrogens is 316 g/mol. The van der Waals surface area contributed by atoms with Gasteiger partial charge in [-0.25, -0.2) is 4.79 Å². The maximum atomic E-state index is 12.0. The fourth-order valence-electron chi connectivity index (χ4n) is 1.85. The fraction of sp³-hybridized carbons (Fsp3) is 0.188. The van der Waals surface area contributed by atoms with E-state index in [0.717, 1.165) is 17.3 Å². The number of aryl methyl sites for hydroxylation is 1. The van der Waals surface area contributed by atoms with E-state index in [0.29, 0.717) is 21.0 Å². The summed E-state index contributed by atoms with van der Waals surface area (Å²) in [4.78, 5) is 23.6. The van der Waals surface area contributed by atoms with Crippen LogP contribution in [0.25, 0.3) is 0 Å². The molecule has 0 spiro atoms. The van der Waals surface area contributed by atoms with Gasteiger partial charge < -0.3 is 15.3 Å². The Hall–Kier alpha value is -2.54. The molecule has 1 aromatic heterocycles. The Balaban J connectivity index is 2.02. The maximum absolute atomic E-state index is 12.0. The summed E-state index contributed by atoms with van der Waals surface area (Å²) in [6, 6.07) is 9.94. The van der Waals surface area contributed by atoms with E-state index in [1.807, 2.05) is 6.92 Å². The van der Waals surface area contributed by atoms with Crippen LogP contribution in [0.5, 0.6) is 0 Å². The minimum absolute atomic E-state index is 0.0914. The highest BCUT2D eigenvalue weighted by molar-refractivity contribution is 7.99. The second-order valence-electron chi connectivity index (χ2n) is 4.72. The zero-order valence-corrected chi connectivity index (χ0v) is 13.6. The molecule has 120 valence electrons. The van der Waals surface area contributed by atoms with Gasteiger partial charge in [0.1, 0.15) is 0 Å². The summed E-state index contributed by atoms with van der Waals surface area (Å²) in [6.07, 6.45) is 1.38. The summed E-state index contributed by atoms with van der Waals surface area (Å²) in [7, 11) is 1.30. The summed E-state index contributed by atoms with van der Waals surface area (Å²) in [5.41, 5.74) is 1.73. The Bertz CT molecular complexity index is 734. The van der Waals surface area contributed by atoms with Gasteiger partial charge in [-0.3, -0.25) is 4.79 Å². The summed E-state index contributed by atoms with van der Waals surface area (Å²) < 4.78 is 5.37. The lowest BCUT2D eigenvalue weighted by atomic mass is 10.1. The fourth-order valence-corrected chi connectivity index (χ4v) is 2.57. The van der Waals surface area contributed by atoms with Crippen LogP contribution in [0.3, 0.4) is 0 Å². The number of nitrogens with zero attached hydrogens (tertiary/aromatic N) is 1. The lowest BCUT2D eigenvalue weighted by Crippen LogP contribution is -2.28. The Morgan fingerprint density at radius 2 is 2.09 bits per heavy atom. The van der Waals surface area contributed by atoms with E-state index in [1.54, 1.807) is 36.4 Å². The van der Waals surface area contributed by atoms with Crippen LogP contribution in [-0.2, 0) is 9.53 Å². The molecule has 0 aliphatic carbocycles. The van der Waals surface area contributed by atoms with Crippen LogP contribution >= 0.6 is 11.8 Å². The topological polar surface area (TPSA) is 82.3 Å². The molecular formula is C16H16N2O4S. The van der Waals surface area contributed by atoms with Crippen molar-refractivity contribution in [2.45, 2.75) is 11.9 Å². The van der Waals surface area contributed by atoms with Crippen LogP contribution in [0.1, 0.15) is 15.9 Å². The Morgan fingerprint density at radius 1 is 1.30 bits per heavy atom. The molecule has 1 amide bonds. The molecule has 0 unspecified atom stereocenters. The van der Waals surface area contributed by atoms with Crippen molar-refractivity contribution in [1.82, 2.24) is 0 Å². The van der Waals surface area contributed by atoms with Crippen LogP contribution in [-0.4, -0.2) is 24.7 Å². The number of anilines is 1. The van der Waals surface area contributed by atoms with Crippen molar-refractivity contribution in [2.75, 3.05) is 18.2 Å². The normalized spacial score (nSPS) is 10.2. The molecule has 0 saturated heterocycles. The maximum Gasteiger partial charge on any atom is 0.337 e. The molecule has 0 fully saturated rings. The lowest BCUT2D eigenvalue weighted by molar-refractivity contribution is -0.645. The third-order valence-electron chi connectivity index (χ3n) is 3.07. The number of carbonyl (C=O) groups excluding carboxylic acids is 2. The van der Waals surface area contributed by atoms with Crippen molar-refractivity contribution in [3.63, 3.8) is 0 Å². The highest BCUT2D eigenvalue weighted by atomic mass is 32.2. The van der Waals surface area contributed by atoms with Gasteiger partial charge in [-0.05, 0) is 42.4 Å². The molecule has 6 nitrogen and oxygen atoms in total. The first-order chi connectivity index (χ1) is 11.0. The Kier molecular flexibility index (Phi) is 5.59. The second-order valence-corrected chi connectivity index (χ2v) is 5.72. The summed E-state index contributed by atoms with van der Waals surface area (Å²) >= 11 is 1.14. The predicted octanol–water partition coefficient (Wildman–Crippen LogP) is 2.15. The molecule has 0 aliphatic heterocycles. The van der Waals surface area contributed by atoms with Gasteiger partial charge in [0.25, 0.3) is 5.03 Å². The van der Waals surface area contributed by atoms with Crippen molar-refractivity contribution < 1.29 is 19.1 Å². The third-order valence-corrected chi connectivity index (χ3v) is 4.09. The monoisotopic (exact) mass is 332 g/mol. The number of rotatable bonds is 5. The zero-order chi connectivity index (χ0) is 16.8. The van der Waals surface area contributed by atoms with Crippen LogP contribution in [0.2, 0.25) is 0 Å². The standard InChI is InChI=1S/C16H16N2O4S/c1-11-6-7-12(16(20)22-2)9-13(11)17-14(19)10-23-15-5-3-4-8-18(15)21/h3-9H,10H2,1-2H3,(H,17,19). The van der Waals surface area contributed by atoms with E-state index in [-0.39, 0.29) is 11.7 Å². The smallest absolute Gasteiger partial charge is 0.337 e. The number of aromatic nitrogens is 1. The van der Waals surface area contributed by atoms with Gasteiger partial charge in [-0.1, -0.05) is 6.07 Å². The molecule has 7 heteroatoms. The van der Waals surface area contributed by atoms with Crippen LogP contribution in [0, 0.1) is 12.1 Å². The van der Waals surface area contributed by atoms with E-state index < -0.39 is 5.97 Å². The first-order valence-electron chi connectivity index (χ1n) is 6.81. The highest BCUT2D eigenvalue weighted by Crippen LogP contribution is 2.19. The van der Waals surface area contributed by atoms with Crippen LogP contribution < -0.4 is 10.0 Å². The number of hydrogen-bond acceptors (Lipinski definition) is 5. The molecule has 0 atom stereocenters. The molecule has 0 bridgehead atoms. The van der Waals surface area contributed by atoms with Crippen LogP contribution in [0.15, 0.2) is 47.6 Å². The largest absolute Gasteiger partial charge is 0.618 e. The number of methoxy groups -OCH3 is 1. The molecule has 0 aliphatic rings. The number of nitrogens with one attached hydrogen (secondary N) is 1. The van der Waals surface area contributed by atoms with Gasteiger partial charge in [-0.2, -0.15) is 4.73 Å². The number of thioether (sulfide) groups is 1. The molecule has 2 rings (SSSR count). The average Bonchev–Trinajstić information content (AvgIpc) is 2.55. The van der Waals surface area contributed by atoms with Gasteiger partial charge >= 0.3 is 5.97 Å². The minimum Gasteiger partial charge on any atom is -0.618 e. The van der Waals surface area contributed by atoms with E-state index in [2.05, 4.69) is 10.1 Å². The molecule has 2 aromatic rings. The quantitative estimate of drug-likeness (QED) is 0.393. The number of esters is 1. The molecule has 1 heterocycles. The van der Waals surface area contributed by atoms with E-state index in [1.165, 1.54) is 13.3 Å². The Labute approximate surface area is 138 Å². The molecule has 0 radical (unpaired) electrons. The number of ether oxygens (including phenoxy) is 1. The Morgan fingerprint density at radius 3 is 2.78 bits per heavy atom. The van der Waals surface area contributed by atoms with E-state index >= 15 is 0 Å². The first kappa shape index (κ1) is 16.8. The average molecular weight is 332 g/mol. The predicted molar refractivity (Wildman–Crippen MR) is 87.3 cm³/mol. The number of pyridine rings is 1. The van der Waals surface area contributed by atoms with E-state index in [4.69, 9.17) is 0 Å². The summed E-state index contributed by atoms with van der Waals surface area (Å²) in [5, 5.41) is 14.7. The lowest BCUT2D eigenvalue weighted by Gasteiger charge is -2.10. The number of carbonyl (C=O) groups is 2. The molecule has 1 aromatic carbocycles. The van der Waals surface area contributed by atoms with Gasteiger partial charge in [0, 0.05) is 17.8 Å². The van der Waals surface area contributed by atoms with E-state index in [9.17, 15) is 14.8 Å². The third kappa shape index (κ3) is 4.46. The van der Waals surface area contributed by atoms with Crippen molar-refractivity contribution in [3.8, 4) is 0 Å². The van der Waals surface area contributed by atoms with Crippen molar-refractivity contribution >= 4 is 29.3 Å².